The van der Waals surface area contributed by atoms with Crippen LogP contribution in [-0.2, 0) is 12.7 Å². The first-order valence-electron chi connectivity index (χ1n) is 9.88. The van der Waals surface area contributed by atoms with E-state index in [9.17, 15) is 18.0 Å². The smallest absolute Gasteiger partial charge is 0.324 e. The fraction of sp³-hybridized carbons (Fsp3) is 0.333. The number of pyridine rings is 1. The summed E-state index contributed by atoms with van der Waals surface area (Å²) in [6.07, 6.45) is 1.03. The number of fused-ring (bicyclic) bond motifs is 4. The average molecular weight is 448 g/mol. The van der Waals surface area contributed by atoms with E-state index in [-0.39, 0.29) is 17.6 Å². The number of alkyl halides is 3. The fourth-order valence-corrected chi connectivity index (χ4v) is 4.85. The molecule has 1 aromatic carbocycles. The molecule has 2 aliphatic rings. The summed E-state index contributed by atoms with van der Waals surface area (Å²) in [4.78, 5) is 19.2. The Hall–Kier alpha value is -2.94. The predicted molar refractivity (Wildman–Crippen MR) is 106 cm³/mol. The van der Waals surface area contributed by atoms with Crippen molar-refractivity contribution in [1.29, 1.82) is 0 Å². The molecule has 2 atom stereocenters. The topological polar surface area (TPSA) is 63.9 Å². The van der Waals surface area contributed by atoms with Gasteiger partial charge in [-0.25, -0.2) is 0 Å². The van der Waals surface area contributed by atoms with Gasteiger partial charge in [-0.05, 0) is 43.5 Å². The van der Waals surface area contributed by atoms with E-state index in [4.69, 9.17) is 11.6 Å². The maximum absolute atomic E-state index is 13.4. The lowest BCUT2D eigenvalue weighted by Gasteiger charge is -2.45. The van der Waals surface area contributed by atoms with Crippen LogP contribution in [0.4, 0.5) is 13.2 Å². The Morgan fingerprint density at radius 3 is 2.71 bits per heavy atom. The first kappa shape index (κ1) is 20.0. The molecule has 1 saturated heterocycles. The van der Waals surface area contributed by atoms with Gasteiger partial charge in [0.1, 0.15) is 0 Å². The van der Waals surface area contributed by atoms with Gasteiger partial charge in [0, 0.05) is 24.5 Å². The lowest BCUT2D eigenvalue weighted by atomic mass is 9.90. The molecular weight excluding hydrogens is 431 g/mol. The maximum Gasteiger partial charge on any atom is 0.417 e. The van der Waals surface area contributed by atoms with Gasteiger partial charge in [-0.15, -0.1) is 10.2 Å². The summed E-state index contributed by atoms with van der Waals surface area (Å²) in [6.45, 7) is 0.464. The van der Waals surface area contributed by atoms with Crippen molar-refractivity contribution >= 4 is 17.5 Å². The van der Waals surface area contributed by atoms with Gasteiger partial charge >= 0.3 is 6.18 Å². The molecule has 2 bridgehead atoms. The fourth-order valence-electron chi connectivity index (χ4n) is 4.54. The second-order valence-corrected chi connectivity index (χ2v) is 8.09. The van der Waals surface area contributed by atoms with E-state index in [0.717, 1.165) is 24.5 Å². The van der Waals surface area contributed by atoms with Crippen molar-refractivity contribution < 1.29 is 18.0 Å². The third kappa shape index (κ3) is 3.27. The highest BCUT2D eigenvalue weighted by atomic mass is 35.5. The number of carbonyl (C=O) groups is 1. The molecule has 0 radical (unpaired) electrons. The predicted octanol–water partition coefficient (Wildman–Crippen LogP) is 4.76. The minimum absolute atomic E-state index is 0.145. The van der Waals surface area contributed by atoms with Crippen molar-refractivity contribution in [3.8, 4) is 11.4 Å². The average Bonchev–Trinajstić information content (AvgIpc) is 3.16. The molecule has 160 valence electrons. The Labute approximate surface area is 180 Å². The summed E-state index contributed by atoms with van der Waals surface area (Å²) in [5.41, 5.74) is -0.335. The molecule has 1 amide bonds. The van der Waals surface area contributed by atoms with Crippen molar-refractivity contribution in [2.45, 2.75) is 44.1 Å². The molecule has 2 aliphatic heterocycles. The number of benzene rings is 1. The number of carbonyl (C=O) groups excluding carboxylic acids is 1. The lowest BCUT2D eigenvalue weighted by Crippen LogP contribution is -2.52. The SMILES string of the molecule is O=C(c1cccc(C(F)(F)F)c1Cl)N1[C@@H]2CCC[C@H]1c1nnc(-c3cccnc3)n1C2. The highest BCUT2D eigenvalue weighted by molar-refractivity contribution is 6.34. The van der Waals surface area contributed by atoms with Crippen LogP contribution < -0.4 is 0 Å². The standard InChI is InChI=1S/C21H17ClF3N5O/c22-17-14(6-2-7-15(17)21(23,24)25)20(31)30-13-5-1-8-16(30)19-28-27-18(29(19)11-13)12-4-3-9-26-10-12/h2-4,6-7,9-10,13,16H,1,5,8,11H2/t13-,16+/m1/s1. The highest BCUT2D eigenvalue weighted by Gasteiger charge is 2.44. The zero-order valence-electron chi connectivity index (χ0n) is 16.2. The zero-order chi connectivity index (χ0) is 21.8. The Balaban J connectivity index is 1.55. The van der Waals surface area contributed by atoms with Crippen LogP contribution in [0, 0.1) is 0 Å². The highest BCUT2D eigenvalue weighted by Crippen LogP contribution is 2.42. The van der Waals surface area contributed by atoms with Crippen LogP contribution in [0.1, 0.15) is 47.1 Å². The summed E-state index contributed by atoms with van der Waals surface area (Å²) in [7, 11) is 0. The van der Waals surface area contributed by atoms with Crippen molar-refractivity contribution in [3.05, 3.63) is 64.7 Å². The van der Waals surface area contributed by atoms with Crippen LogP contribution in [0.3, 0.4) is 0 Å². The van der Waals surface area contributed by atoms with Gasteiger partial charge in [-0.1, -0.05) is 17.7 Å². The summed E-state index contributed by atoms with van der Waals surface area (Å²) in [6, 6.07) is 6.58. The molecule has 31 heavy (non-hydrogen) atoms. The molecule has 3 aromatic rings. The maximum atomic E-state index is 13.4. The molecule has 6 nitrogen and oxygen atoms in total. The van der Waals surface area contributed by atoms with Gasteiger partial charge in [-0.2, -0.15) is 13.2 Å². The molecule has 10 heteroatoms. The molecule has 5 rings (SSSR count). The van der Waals surface area contributed by atoms with Crippen LogP contribution in [-0.4, -0.2) is 36.6 Å². The van der Waals surface area contributed by atoms with Gasteiger partial charge < -0.3 is 9.47 Å². The molecule has 2 aromatic heterocycles. The van der Waals surface area contributed by atoms with Crippen molar-refractivity contribution in [1.82, 2.24) is 24.6 Å². The molecule has 0 spiro atoms. The van der Waals surface area contributed by atoms with Crippen LogP contribution in [0.5, 0.6) is 0 Å². The minimum Gasteiger partial charge on any atom is -0.324 e. The van der Waals surface area contributed by atoms with Gasteiger partial charge in [-0.3, -0.25) is 9.78 Å². The lowest BCUT2D eigenvalue weighted by molar-refractivity contribution is -0.137. The number of amides is 1. The van der Waals surface area contributed by atoms with Crippen molar-refractivity contribution in [3.63, 3.8) is 0 Å². The summed E-state index contributed by atoms with van der Waals surface area (Å²) in [5, 5.41) is 8.09. The van der Waals surface area contributed by atoms with Crippen molar-refractivity contribution in [2.24, 2.45) is 0 Å². The number of hydrogen-bond donors (Lipinski definition) is 0. The van der Waals surface area contributed by atoms with Crippen LogP contribution in [0.25, 0.3) is 11.4 Å². The van der Waals surface area contributed by atoms with E-state index in [2.05, 4.69) is 15.2 Å². The Morgan fingerprint density at radius 1 is 1.13 bits per heavy atom. The summed E-state index contributed by atoms with van der Waals surface area (Å²) >= 11 is 6.04. The quantitative estimate of drug-likeness (QED) is 0.568. The van der Waals surface area contributed by atoms with E-state index in [1.54, 1.807) is 17.3 Å². The molecule has 0 saturated carbocycles. The van der Waals surface area contributed by atoms with E-state index in [1.165, 1.54) is 12.1 Å². The van der Waals surface area contributed by atoms with Crippen LogP contribution in [0.2, 0.25) is 5.02 Å². The molecule has 0 N–H and O–H groups in total. The number of halogens is 4. The first-order chi connectivity index (χ1) is 14.9. The Bertz CT molecular complexity index is 1150. The van der Waals surface area contributed by atoms with Crippen LogP contribution in [0.15, 0.2) is 42.7 Å². The van der Waals surface area contributed by atoms with E-state index >= 15 is 0 Å². The molecular formula is C21H17ClF3N5O. The normalized spacial score (nSPS) is 20.5. The van der Waals surface area contributed by atoms with Gasteiger partial charge in [0.25, 0.3) is 5.91 Å². The van der Waals surface area contributed by atoms with Gasteiger partial charge in [0.05, 0.1) is 28.2 Å². The largest absolute Gasteiger partial charge is 0.417 e. The zero-order valence-corrected chi connectivity index (χ0v) is 16.9. The number of nitrogens with zero attached hydrogens (tertiary/aromatic N) is 5. The first-order valence-corrected chi connectivity index (χ1v) is 10.3. The molecule has 0 unspecified atom stereocenters. The van der Waals surface area contributed by atoms with E-state index < -0.39 is 22.7 Å². The van der Waals surface area contributed by atoms with Gasteiger partial charge in [0.15, 0.2) is 11.6 Å². The third-order valence-electron chi connectivity index (χ3n) is 5.90. The minimum atomic E-state index is -4.63. The number of piperidine rings is 1. The van der Waals surface area contributed by atoms with Crippen molar-refractivity contribution in [2.75, 3.05) is 0 Å². The number of rotatable bonds is 2. The Kier molecular flexibility index (Phi) is 4.73. The second-order valence-electron chi connectivity index (χ2n) is 7.71. The Morgan fingerprint density at radius 2 is 1.97 bits per heavy atom. The van der Waals surface area contributed by atoms with Crippen LogP contribution >= 0.6 is 11.6 Å². The third-order valence-corrected chi connectivity index (χ3v) is 6.31. The molecule has 1 fully saturated rings. The molecule has 4 heterocycles. The monoisotopic (exact) mass is 447 g/mol. The van der Waals surface area contributed by atoms with E-state index in [1.807, 2.05) is 16.7 Å². The number of hydrogen-bond acceptors (Lipinski definition) is 4. The number of aromatic nitrogens is 4. The van der Waals surface area contributed by atoms with E-state index in [0.29, 0.717) is 24.6 Å². The molecule has 0 aliphatic carbocycles. The second kappa shape index (κ2) is 7.33. The van der Waals surface area contributed by atoms with Gasteiger partial charge in [0.2, 0.25) is 0 Å². The summed E-state index contributed by atoms with van der Waals surface area (Å²) < 4.78 is 41.9. The summed E-state index contributed by atoms with van der Waals surface area (Å²) in [5.74, 6) is 0.790.